The van der Waals surface area contributed by atoms with Crippen LogP contribution in [0, 0.1) is 5.92 Å². The maximum absolute atomic E-state index is 12.3. The highest BCUT2D eigenvalue weighted by Gasteiger charge is 2.16. The van der Waals surface area contributed by atoms with Gasteiger partial charge in [-0.1, -0.05) is 67.5 Å². The summed E-state index contributed by atoms with van der Waals surface area (Å²) in [7, 11) is 0. The maximum atomic E-state index is 12.3. The van der Waals surface area contributed by atoms with Gasteiger partial charge in [0.1, 0.15) is 5.03 Å². The highest BCUT2D eigenvalue weighted by molar-refractivity contribution is 8.00. The Kier molecular flexibility index (Phi) is 6.93. The lowest BCUT2D eigenvalue weighted by Gasteiger charge is -2.21. The number of nitrogens with zero attached hydrogens (tertiary/aromatic N) is 1. The van der Waals surface area contributed by atoms with Crippen molar-refractivity contribution in [2.75, 3.05) is 5.75 Å². The molecule has 5 heteroatoms. The zero-order valence-electron chi connectivity index (χ0n) is 13.3. The molecule has 0 radical (unpaired) electrons. The molecule has 122 valence electrons. The Morgan fingerprint density at radius 2 is 1.96 bits per heavy atom. The predicted molar refractivity (Wildman–Crippen MR) is 96.8 cm³/mol. The number of thioether (sulfide) groups is 1. The summed E-state index contributed by atoms with van der Waals surface area (Å²) >= 11 is 7.42. The zero-order valence-corrected chi connectivity index (χ0v) is 14.9. The van der Waals surface area contributed by atoms with Crippen LogP contribution in [0.15, 0.2) is 53.7 Å². The van der Waals surface area contributed by atoms with Crippen LogP contribution in [0.2, 0.25) is 5.02 Å². The molecule has 0 fully saturated rings. The van der Waals surface area contributed by atoms with E-state index in [0.717, 1.165) is 12.0 Å². The van der Waals surface area contributed by atoms with E-state index < -0.39 is 0 Å². The molecule has 1 aromatic carbocycles. The normalized spacial score (nSPS) is 12.2. The van der Waals surface area contributed by atoms with E-state index in [9.17, 15) is 4.79 Å². The largest absolute Gasteiger partial charge is 0.349 e. The third-order valence-electron chi connectivity index (χ3n) is 3.31. The third-order valence-corrected chi connectivity index (χ3v) is 4.73. The molecule has 1 heterocycles. The summed E-state index contributed by atoms with van der Waals surface area (Å²) in [6.07, 6.45) is 2.59. The van der Waals surface area contributed by atoms with Crippen LogP contribution in [-0.2, 0) is 4.79 Å². The SMILES string of the molecule is CC(C)CC(NC(=O)CSc1ncccc1Cl)c1ccccc1. The molecular weight excluding hydrogens is 328 g/mol. The number of pyridine rings is 1. The molecule has 1 N–H and O–H groups in total. The molecular formula is C18H21ClN2OS. The summed E-state index contributed by atoms with van der Waals surface area (Å²) in [5, 5.41) is 4.38. The van der Waals surface area contributed by atoms with E-state index in [4.69, 9.17) is 11.6 Å². The van der Waals surface area contributed by atoms with Gasteiger partial charge in [0.05, 0.1) is 16.8 Å². The number of hydrogen-bond donors (Lipinski definition) is 1. The summed E-state index contributed by atoms with van der Waals surface area (Å²) < 4.78 is 0. The Labute approximate surface area is 146 Å². The van der Waals surface area contributed by atoms with Gasteiger partial charge in [-0.2, -0.15) is 0 Å². The molecule has 1 amide bonds. The summed E-state index contributed by atoms with van der Waals surface area (Å²) in [5.74, 6) is 0.794. The molecule has 23 heavy (non-hydrogen) atoms. The van der Waals surface area contributed by atoms with Crippen molar-refractivity contribution in [3.8, 4) is 0 Å². The van der Waals surface area contributed by atoms with Gasteiger partial charge in [-0.25, -0.2) is 4.98 Å². The fraction of sp³-hybridized carbons (Fsp3) is 0.333. The van der Waals surface area contributed by atoms with Gasteiger partial charge in [0, 0.05) is 6.20 Å². The van der Waals surface area contributed by atoms with Crippen LogP contribution in [0.4, 0.5) is 0 Å². The summed E-state index contributed by atoms with van der Waals surface area (Å²) in [6, 6.07) is 13.7. The highest BCUT2D eigenvalue weighted by Crippen LogP contribution is 2.25. The molecule has 0 bridgehead atoms. The van der Waals surface area contributed by atoms with Crippen molar-refractivity contribution in [1.82, 2.24) is 10.3 Å². The third kappa shape index (κ3) is 5.88. The van der Waals surface area contributed by atoms with E-state index in [1.54, 1.807) is 18.3 Å². The highest BCUT2D eigenvalue weighted by atomic mass is 35.5. The molecule has 0 aliphatic carbocycles. The maximum Gasteiger partial charge on any atom is 0.230 e. The quantitative estimate of drug-likeness (QED) is 0.735. The van der Waals surface area contributed by atoms with Crippen molar-refractivity contribution in [2.24, 2.45) is 5.92 Å². The van der Waals surface area contributed by atoms with Gasteiger partial charge in [0.15, 0.2) is 0 Å². The second-order valence-corrected chi connectivity index (χ2v) is 7.11. The van der Waals surface area contributed by atoms with Crippen molar-refractivity contribution >= 4 is 29.3 Å². The smallest absolute Gasteiger partial charge is 0.230 e. The van der Waals surface area contributed by atoms with Gasteiger partial charge in [0.2, 0.25) is 5.91 Å². The fourth-order valence-corrected chi connectivity index (χ4v) is 3.26. The number of nitrogens with one attached hydrogen (secondary N) is 1. The number of carbonyl (C=O) groups is 1. The predicted octanol–water partition coefficient (Wildman–Crippen LogP) is 4.73. The van der Waals surface area contributed by atoms with Gasteiger partial charge in [-0.15, -0.1) is 0 Å². The van der Waals surface area contributed by atoms with E-state index in [1.807, 2.05) is 18.2 Å². The lowest BCUT2D eigenvalue weighted by atomic mass is 9.97. The van der Waals surface area contributed by atoms with Crippen molar-refractivity contribution in [3.05, 3.63) is 59.2 Å². The van der Waals surface area contributed by atoms with E-state index in [-0.39, 0.29) is 11.9 Å². The van der Waals surface area contributed by atoms with Crippen molar-refractivity contribution < 1.29 is 4.79 Å². The van der Waals surface area contributed by atoms with E-state index in [1.165, 1.54) is 11.8 Å². The molecule has 2 rings (SSSR count). The van der Waals surface area contributed by atoms with Crippen molar-refractivity contribution in [2.45, 2.75) is 31.3 Å². The number of hydrogen-bond acceptors (Lipinski definition) is 3. The lowest BCUT2D eigenvalue weighted by molar-refractivity contribution is -0.119. The summed E-state index contributed by atoms with van der Waals surface area (Å²) in [5.41, 5.74) is 1.13. The zero-order chi connectivity index (χ0) is 16.7. The minimum atomic E-state index is -0.00813. The number of halogens is 1. The molecule has 0 spiro atoms. The Hall–Kier alpha value is -1.52. The monoisotopic (exact) mass is 348 g/mol. The molecule has 0 saturated carbocycles. The molecule has 0 aliphatic rings. The van der Waals surface area contributed by atoms with Gasteiger partial charge >= 0.3 is 0 Å². The summed E-state index contributed by atoms with van der Waals surface area (Å²) in [6.45, 7) is 4.31. The number of rotatable bonds is 7. The molecule has 3 nitrogen and oxygen atoms in total. The van der Waals surface area contributed by atoms with Crippen LogP contribution in [0.5, 0.6) is 0 Å². The Bertz CT molecular complexity index is 634. The molecule has 2 aromatic rings. The number of amides is 1. The minimum absolute atomic E-state index is 0.00813. The second kappa shape index (κ2) is 8.94. The first-order chi connectivity index (χ1) is 11.1. The van der Waals surface area contributed by atoms with Gasteiger partial charge < -0.3 is 5.32 Å². The van der Waals surface area contributed by atoms with Crippen LogP contribution >= 0.6 is 23.4 Å². The van der Waals surface area contributed by atoms with E-state index in [0.29, 0.717) is 21.7 Å². The topological polar surface area (TPSA) is 42.0 Å². The Morgan fingerprint density at radius 3 is 2.61 bits per heavy atom. The minimum Gasteiger partial charge on any atom is -0.349 e. The van der Waals surface area contributed by atoms with Gasteiger partial charge in [0.25, 0.3) is 0 Å². The van der Waals surface area contributed by atoms with E-state index in [2.05, 4.69) is 36.3 Å². The van der Waals surface area contributed by atoms with Gasteiger partial charge in [-0.05, 0) is 30.0 Å². The lowest BCUT2D eigenvalue weighted by Crippen LogP contribution is -2.30. The molecule has 1 unspecified atom stereocenters. The average molecular weight is 349 g/mol. The second-order valence-electron chi connectivity index (χ2n) is 5.74. The molecule has 1 atom stereocenters. The Balaban J connectivity index is 1.96. The van der Waals surface area contributed by atoms with Crippen LogP contribution < -0.4 is 5.32 Å². The Morgan fingerprint density at radius 1 is 1.22 bits per heavy atom. The fourth-order valence-electron chi connectivity index (χ4n) is 2.28. The summed E-state index contributed by atoms with van der Waals surface area (Å²) in [4.78, 5) is 16.5. The van der Waals surface area contributed by atoms with E-state index >= 15 is 0 Å². The molecule has 0 aliphatic heterocycles. The average Bonchev–Trinajstić information content (AvgIpc) is 2.54. The van der Waals surface area contributed by atoms with Crippen molar-refractivity contribution in [1.29, 1.82) is 0 Å². The number of benzene rings is 1. The van der Waals surface area contributed by atoms with Crippen LogP contribution in [0.3, 0.4) is 0 Å². The molecule has 0 saturated heterocycles. The first kappa shape index (κ1) is 17.8. The first-order valence-electron chi connectivity index (χ1n) is 7.64. The number of carbonyl (C=O) groups excluding carboxylic acids is 1. The van der Waals surface area contributed by atoms with Crippen molar-refractivity contribution in [3.63, 3.8) is 0 Å². The van der Waals surface area contributed by atoms with Crippen LogP contribution in [-0.4, -0.2) is 16.6 Å². The van der Waals surface area contributed by atoms with Crippen LogP contribution in [0.25, 0.3) is 0 Å². The molecule has 1 aromatic heterocycles. The van der Waals surface area contributed by atoms with Gasteiger partial charge in [-0.3, -0.25) is 4.79 Å². The standard InChI is InChI=1S/C18H21ClN2OS/c1-13(2)11-16(14-7-4-3-5-8-14)21-17(22)12-23-18-15(19)9-6-10-20-18/h3-10,13,16H,11-12H2,1-2H3,(H,21,22). The number of aromatic nitrogens is 1. The van der Waals surface area contributed by atoms with Crippen LogP contribution in [0.1, 0.15) is 31.9 Å². The first-order valence-corrected chi connectivity index (χ1v) is 9.00.